The van der Waals surface area contributed by atoms with Gasteiger partial charge >= 0.3 is 5.97 Å². The Morgan fingerprint density at radius 2 is 2.37 bits per heavy atom. The van der Waals surface area contributed by atoms with E-state index in [4.69, 9.17) is 22.7 Å². The molecule has 2 rings (SSSR count). The maximum atomic E-state index is 11.8. The van der Waals surface area contributed by atoms with Crippen LogP contribution in [0.2, 0.25) is 0 Å². The summed E-state index contributed by atoms with van der Waals surface area (Å²) in [4.78, 5) is 18.7. The van der Waals surface area contributed by atoms with Gasteiger partial charge < -0.3 is 15.4 Å². The minimum Gasteiger partial charge on any atom is -0.465 e. The number of ether oxygens (including phenoxy) is 1. The lowest BCUT2D eigenvalue weighted by molar-refractivity contribution is 0.0601. The smallest absolute Gasteiger partial charge is 0.341 e. The van der Waals surface area contributed by atoms with Gasteiger partial charge in [-0.25, -0.2) is 9.78 Å². The van der Waals surface area contributed by atoms with E-state index in [0.717, 1.165) is 12.8 Å². The summed E-state index contributed by atoms with van der Waals surface area (Å²) in [5, 5.41) is 0. The molecule has 0 unspecified atom stereocenters. The number of thiocarbonyl (C=S) groups is 1. The van der Waals surface area contributed by atoms with Crippen molar-refractivity contribution in [1.82, 2.24) is 4.98 Å². The van der Waals surface area contributed by atoms with Gasteiger partial charge in [0.2, 0.25) is 0 Å². The Morgan fingerprint density at radius 3 is 2.95 bits per heavy atom. The lowest BCUT2D eigenvalue weighted by Gasteiger charge is -2.24. The minimum atomic E-state index is -0.371. The highest BCUT2D eigenvalue weighted by Crippen LogP contribution is 2.32. The summed E-state index contributed by atoms with van der Waals surface area (Å²) >= 11 is 4.92. The van der Waals surface area contributed by atoms with Gasteiger partial charge in [0.25, 0.3) is 0 Å². The molecule has 5 nitrogen and oxygen atoms in total. The zero-order valence-electron chi connectivity index (χ0n) is 10.8. The van der Waals surface area contributed by atoms with Crippen molar-refractivity contribution in [3.63, 3.8) is 0 Å². The molecule has 1 aliphatic rings. The van der Waals surface area contributed by atoms with Crippen LogP contribution >= 0.6 is 12.2 Å². The average Bonchev–Trinajstić information content (AvgIpc) is 3.23. The number of aromatic nitrogens is 1. The zero-order chi connectivity index (χ0) is 13.8. The molecule has 0 atom stereocenters. The Labute approximate surface area is 117 Å². The van der Waals surface area contributed by atoms with Crippen LogP contribution in [-0.4, -0.2) is 35.6 Å². The van der Waals surface area contributed by atoms with Gasteiger partial charge in [-0.2, -0.15) is 0 Å². The van der Waals surface area contributed by atoms with E-state index in [9.17, 15) is 4.79 Å². The SMILES string of the molecule is COC(=O)c1cccnc1N(CCC(N)=S)C1CC1. The summed E-state index contributed by atoms with van der Waals surface area (Å²) in [6.07, 6.45) is 4.50. The molecule has 1 aromatic heterocycles. The van der Waals surface area contributed by atoms with Gasteiger partial charge in [0.15, 0.2) is 0 Å². The summed E-state index contributed by atoms with van der Waals surface area (Å²) in [7, 11) is 1.37. The van der Waals surface area contributed by atoms with Gasteiger partial charge in [-0.15, -0.1) is 0 Å². The van der Waals surface area contributed by atoms with Crippen LogP contribution in [0.1, 0.15) is 29.6 Å². The zero-order valence-corrected chi connectivity index (χ0v) is 11.7. The first-order valence-corrected chi connectivity index (χ1v) is 6.62. The van der Waals surface area contributed by atoms with Crippen LogP contribution < -0.4 is 10.6 Å². The van der Waals surface area contributed by atoms with Crippen molar-refractivity contribution in [2.75, 3.05) is 18.6 Å². The van der Waals surface area contributed by atoms with E-state index in [0.29, 0.717) is 35.4 Å². The second kappa shape index (κ2) is 5.97. The molecule has 0 amide bonds. The summed E-state index contributed by atoms with van der Waals surface area (Å²) in [6, 6.07) is 3.88. The molecule has 1 fully saturated rings. The molecular weight excluding hydrogens is 262 g/mol. The molecule has 0 bridgehead atoms. The molecule has 0 aromatic carbocycles. The number of esters is 1. The third kappa shape index (κ3) is 3.41. The molecule has 0 spiro atoms. The molecule has 102 valence electrons. The van der Waals surface area contributed by atoms with E-state index < -0.39 is 0 Å². The van der Waals surface area contributed by atoms with E-state index in [1.807, 2.05) is 0 Å². The van der Waals surface area contributed by atoms with Crippen molar-refractivity contribution >= 4 is 29.0 Å². The van der Waals surface area contributed by atoms with Crippen molar-refractivity contribution in [3.8, 4) is 0 Å². The van der Waals surface area contributed by atoms with Crippen LogP contribution in [0.4, 0.5) is 5.82 Å². The Balaban J connectivity index is 2.25. The molecular formula is C13H17N3O2S. The first kappa shape index (κ1) is 13.7. The third-order valence-corrected chi connectivity index (χ3v) is 3.25. The lowest BCUT2D eigenvalue weighted by Crippen LogP contribution is -2.31. The fourth-order valence-electron chi connectivity index (χ4n) is 1.97. The molecule has 1 aromatic rings. The molecule has 1 saturated carbocycles. The first-order chi connectivity index (χ1) is 9.13. The quantitative estimate of drug-likeness (QED) is 0.629. The van der Waals surface area contributed by atoms with Gasteiger partial charge in [-0.1, -0.05) is 12.2 Å². The largest absolute Gasteiger partial charge is 0.465 e. The third-order valence-electron chi connectivity index (χ3n) is 3.05. The second-order valence-corrected chi connectivity index (χ2v) is 5.03. The summed E-state index contributed by atoms with van der Waals surface area (Å²) in [5.41, 5.74) is 6.04. The summed E-state index contributed by atoms with van der Waals surface area (Å²) in [6.45, 7) is 0.682. The number of carbonyl (C=O) groups is 1. The van der Waals surface area contributed by atoms with Crippen LogP contribution in [0.3, 0.4) is 0 Å². The van der Waals surface area contributed by atoms with E-state index in [1.165, 1.54) is 7.11 Å². The maximum absolute atomic E-state index is 11.8. The maximum Gasteiger partial charge on any atom is 0.341 e. The number of pyridine rings is 1. The first-order valence-electron chi connectivity index (χ1n) is 6.21. The van der Waals surface area contributed by atoms with E-state index >= 15 is 0 Å². The molecule has 0 radical (unpaired) electrons. The number of nitrogens with zero attached hydrogens (tertiary/aromatic N) is 2. The van der Waals surface area contributed by atoms with E-state index in [2.05, 4.69) is 9.88 Å². The van der Waals surface area contributed by atoms with Gasteiger partial charge in [0, 0.05) is 25.2 Å². The Hall–Kier alpha value is -1.69. The van der Waals surface area contributed by atoms with Crippen molar-refractivity contribution in [1.29, 1.82) is 0 Å². The highest BCUT2D eigenvalue weighted by molar-refractivity contribution is 7.80. The summed E-state index contributed by atoms with van der Waals surface area (Å²) in [5.74, 6) is 0.289. The monoisotopic (exact) mass is 279 g/mol. The number of hydrogen-bond acceptors (Lipinski definition) is 5. The molecule has 1 heterocycles. The fraction of sp³-hybridized carbons (Fsp3) is 0.462. The number of anilines is 1. The Morgan fingerprint density at radius 1 is 1.63 bits per heavy atom. The van der Waals surface area contributed by atoms with Gasteiger partial charge in [-0.05, 0) is 25.0 Å². The van der Waals surface area contributed by atoms with Crippen molar-refractivity contribution in [3.05, 3.63) is 23.9 Å². The Bertz CT molecular complexity index is 489. The predicted octanol–water partition coefficient (Wildman–Crippen LogP) is 1.51. The van der Waals surface area contributed by atoms with E-state index in [-0.39, 0.29) is 5.97 Å². The van der Waals surface area contributed by atoms with E-state index in [1.54, 1.807) is 18.3 Å². The van der Waals surface area contributed by atoms with Crippen LogP contribution in [-0.2, 0) is 4.74 Å². The lowest BCUT2D eigenvalue weighted by atomic mass is 10.2. The van der Waals surface area contributed by atoms with Gasteiger partial charge in [-0.3, -0.25) is 0 Å². The topological polar surface area (TPSA) is 68.5 Å². The Kier molecular flexibility index (Phi) is 4.31. The van der Waals surface area contributed by atoms with Crippen LogP contribution in [0.15, 0.2) is 18.3 Å². The second-order valence-electron chi connectivity index (χ2n) is 4.51. The van der Waals surface area contributed by atoms with Crippen molar-refractivity contribution in [2.24, 2.45) is 5.73 Å². The summed E-state index contributed by atoms with van der Waals surface area (Å²) < 4.78 is 4.80. The molecule has 6 heteroatoms. The standard InChI is InChI=1S/C13H17N3O2S/c1-18-13(17)10-3-2-7-15-12(10)16(9-4-5-9)8-6-11(14)19/h2-3,7,9H,4-6,8H2,1H3,(H2,14,19). The van der Waals surface area contributed by atoms with Crippen LogP contribution in [0.5, 0.6) is 0 Å². The van der Waals surface area contributed by atoms with Crippen molar-refractivity contribution in [2.45, 2.75) is 25.3 Å². The molecule has 0 saturated heterocycles. The average molecular weight is 279 g/mol. The molecule has 19 heavy (non-hydrogen) atoms. The minimum absolute atomic E-state index is 0.371. The van der Waals surface area contributed by atoms with Crippen LogP contribution in [0, 0.1) is 0 Å². The highest BCUT2D eigenvalue weighted by atomic mass is 32.1. The molecule has 1 aliphatic carbocycles. The van der Waals surface area contributed by atoms with Crippen LogP contribution in [0.25, 0.3) is 0 Å². The number of rotatable bonds is 6. The molecule has 0 aliphatic heterocycles. The highest BCUT2D eigenvalue weighted by Gasteiger charge is 2.32. The van der Waals surface area contributed by atoms with Gasteiger partial charge in [0.05, 0.1) is 12.1 Å². The fourth-order valence-corrected chi connectivity index (χ4v) is 2.06. The normalized spacial score (nSPS) is 13.9. The number of hydrogen-bond donors (Lipinski definition) is 1. The predicted molar refractivity (Wildman–Crippen MR) is 77.3 cm³/mol. The number of carbonyl (C=O) groups excluding carboxylic acids is 1. The van der Waals surface area contributed by atoms with Crippen molar-refractivity contribution < 1.29 is 9.53 Å². The number of nitrogens with two attached hydrogens (primary N) is 1. The number of methoxy groups -OCH3 is 1. The van der Waals surface area contributed by atoms with Gasteiger partial charge in [0.1, 0.15) is 11.4 Å². The molecule has 2 N–H and O–H groups in total.